The molecule has 6 nitrogen and oxygen atoms in total. The van der Waals surface area contributed by atoms with E-state index in [1.165, 1.54) is 16.8 Å². The van der Waals surface area contributed by atoms with Crippen molar-refractivity contribution in [3.8, 4) is 22.5 Å². The number of imidazole rings is 1. The molecule has 7 rings (SSSR count). The number of nitrogens with zero attached hydrogens (tertiary/aromatic N) is 6. The van der Waals surface area contributed by atoms with Crippen LogP contribution in [0.5, 0.6) is 0 Å². The van der Waals surface area contributed by atoms with Gasteiger partial charge in [0, 0.05) is 47.6 Å². The van der Waals surface area contributed by atoms with Gasteiger partial charge in [-0.15, -0.1) is 0 Å². The SMILES string of the molecule is Cc1cccc(C2=NN=C(C3CCN(Cc4ccc(-c5nc6ccccn6c5-c5ccccc5)cc4)CC3)C2)n1. The predicted octanol–water partition coefficient (Wildman–Crippen LogP) is 6.83. The van der Waals surface area contributed by atoms with E-state index in [0.717, 1.165) is 78.6 Å². The lowest BCUT2D eigenvalue weighted by atomic mass is 9.89. The quantitative estimate of drug-likeness (QED) is 0.245. The van der Waals surface area contributed by atoms with Crippen LogP contribution in [0.1, 0.15) is 36.2 Å². The molecule has 0 N–H and O–H groups in total. The van der Waals surface area contributed by atoms with Crippen molar-refractivity contribution in [1.29, 1.82) is 0 Å². The lowest BCUT2D eigenvalue weighted by molar-refractivity contribution is 0.201. The summed E-state index contributed by atoms with van der Waals surface area (Å²) < 4.78 is 2.18. The highest BCUT2D eigenvalue weighted by molar-refractivity contribution is 6.14. The van der Waals surface area contributed by atoms with Crippen LogP contribution in [0.2, 0.25) is 0 Å². The van der Waals surface area contributed by atoms with E-state index in [-0.39, 0.29) is 0 Å². The van der Waals surface area contributed by atoms with E-state index in [1.54, 1.807) is 0 Å². The van der Waals surface area contributed by atoms with Gasteiger partial charge in [-0.05, 0) is 62.7 Å². The summed E-state index contributed by atoms with van der Waals surface area (Å²) in [6.07, 6.45) is 5.18. The second kappa shape index (κ2) is 10.6. The van der Waals surface area contributed by atoms with Gasteiger partial charge in [0.05, 0.1) is 22.8 Å². The molecule has 5 heterocycles. The molecule has 0 spiro atoms. The van der Waals surface area contributed by atoms with Crippen LogP contribution in [0.4, 0.5) is 0 Å². The van der Waals surface area contributed by atoms with Crippen LogP contribution in [0.3, 0.4) is 0 Å². The summed E-state index contributed by atoms with van der Waals surface area (Å²) >= 11 is 0. The van der Waals surface area contributed by atoms with E-state index in [1.807, 2.05) is 31.2 Å². The second-order valence-electron chi connectivity index (χ2n) is 10.8. The lowest BCUT2D eigenvalue weighted by Gasteiger charge is -2.32. The Labute approximate surface area is 234 Å². The zero-order valence-electron chi connectivity index (χ0n) is 22.7. The normalized spacial score (nSPS) is 16.3. The summed E-state index contributed by atoms with van der Waals surface area (Å²) in [7, 11) is 0. The van der Waals surface area contributed by atoms with Crippen molar-refractivity contribution in [2.45, 2.75) is 32.7 Å². The van der Waals surface area contributed by atoms with Crippen LogP contribution in [-0.2, 0) is 6.54 Å². The van der Waals surface area contributed by atoms with E-state index in [2.05, 4.69) is 97.4 Å². The molecule has 6 heteroatoms. The lowest BCUT2D eigenvalue weighted by Crippen LogP contribution is -2.36. The molecule has 3 aromatic heterocycles. The molecule has 0 radical (unpaired) electrons. The third kappa shape index (κ3) is 4.87. The number of pyridine rings is 2. The number of fused-ring (bicyclic) bond motifs is 1. The predicted molar refractivity (Wildman–Crippen MR) is 162 cm³/mol. The molecule has 0 aliphatic carbocycles. The third-order valence-electron chi connectivity index (χ3n) is 8.10. The monoisotopic (exact) mass is 524 g/mol. The topological polar surface area (TPSA) is 58.2 Å². The highest BCUT2D eigenvalue weighted by atomic mass is 15.2. The van der Waals surface area contributed by atoms with Crippen LogP contribution in [-0.4, -0.2) is 43.8 Å². The van der Waals surface area contributed by atoms with Gasteiger partial charge in [0.1, 0.15) is 5.65 Å². The van der Waals surface area contributed by atoms with Gasteiger partial charge in [0.15, 0.2) is 0 Å². The van der Waals surface area contributed by atoms with Crippen LogP contribution in [0, 0.1) is 12.8 Å². The Morgan fingerprint density at radius 3 is 2.35 bits per heavy atom. The summed E-state index contributed by atoms with van der Waals surface area (Å²) in [4.78, 5) is 12.2. The summed E-state index contributed by atoms with van der Waals surface area (Å²) in [5.74, 6) is 0.510. The Bertz CT molecular complexity index is 1710. The van der Waals surface area contributed by atoms with Gasteiger partial charge in [-0.1, -0.05) is 66.7 Å². The minimum atomic E-state index is 0.510. The molecule has 0 saturated carbocycles. The van der Waals surface area contributed by atoms with Crippen molar-refractivity contribution in [2.24, 2.45) is 16.1 Å². The van der Waals surface area contributed by atoms with Gasteiger partial charge in [0.25, 0.3) is 0 Å². The number of hydrogen-bond donors (Lipinski definition) is 0. The molecule has 2 aliphatic heterocycles. The Hall–Kier alpha value is -4.42. The first-order valence-corrected chi connectivity index (χ1v) is 14.1. The first kappa shape index (κ1) is 24.6. The Morgan fingerprint density at radius 1 is 0.750 bits per heavy atom. The van der Waals surface area contributed by atoms with Crippen molar-refractivity contribution in [3.05, 3.63) is 114 Å². The largest absolute Gasteiger partial charge is 0.299 e. The molecule has 0 bridgehead atoms. The van der Waals surface area contributed by atoms with Crippen LogP contribution >= 0.6 is 0 Å². The Morgan fingerprint density at radius 2 is 1.55 bits per heavy atom. The molecule has 40 heavy (non-hydrogen) atoms. The summed E-state index contributed by atoms with van der Waals surface area (Å²) in [6, 6.07) is 31.8. The third-order valence-corrected chi connectivity index (χ3v) is 8.10. The van der Waals surface area contributed by atoms with Crippen molar-refractivity contribution < 1.29 is 0 Å². The Kier molecular flexibility index (Phi) is 6.54. The molecular weight excluding hydrogens is 492 g/mol. The molecule has 0 amide bonds. The molecule has 5 aromatic rings. The summed E-state index contributed by atoms with van der Waals surface area (Å²) in [5.41, 5.74) is 11.0. The van der Waals surface area contributed by atoms with Crippen molar-refractivity contribution >= 4 is 17.1 Å². The zero-order chi connectivity index (χ0) is 26.9. The highest BCUT2D eigenvalue weighted by Gasteiger charge is 2.27. The number of piperidine rings is 1. The number of rotatable bonds is 6. The average Bonchev–Trinajstić information content (AvgIpc) is 3.64. The number of aryl methyl sites for hydroxylation is 1. The van der Waals surface area contributed by atoms with E-state index in [9.17, 15) is 0 Å². The molecule has 2 aromatic carbocycles. The average molecular weight is 525 g/mol. The number of benzene rings is 2. The molecule has 1 fully saturated rings. The molecule has 2 aliphatic rings. The van der Waals surface area contributed by atoms with E-state index < -0.39 is 0 Å². The first-order valence-electron chi connectivity index (χ1n) is 14.1. The number of hydrogen-bond acceptors (Lipinski definition) is 5. The maximum absolute atomic E-state index is 5.01. The van der Waals surface area contributed by atoms with E-state index >= 15 is 0 Å². The molecule has 198 valence electrons. The minimum Gasteiger partial charge on any atom is -0.299 e. The minimum absolute atomic E-state index is 0.510. The van der Waals surface area contributed by atoms with Gasteiger partial charge >= 0.3 is 0 Å². The molecule has 0 unspecified atom stereocenters. The second-order valence-corrected chi connectivity index (χ2v) is 10.8. The molecule has 0 atom stereocenters. The fourth-order valence-corrected chi connectivity index (χ4v) is 5.96. The van der Waals surface area contributed by atoms with Crippen molar-refractivity contribution in [2.75, 3.05) is 13.1 Å². The van der Waals surface area contributed by atoms with Gasteiger partial charge in [0.2, 0.25) is 0 Å². The standard InChI is InChI=1S/C34H32N6/c1-24-8-7-11-29(35-24)31-22-30(37-38-31)26-17-20-39(21-18-26)23-25-13-15-27(16-14-25)33-34(28-9-3-2-4-10-28)40-19-6-5-12-32(40)36-33/h2-16,19,26H,17-18,20-23H2,1H3. The van der Waals surface area contributed by atoms with Crippen LogP contribution < -0.4 is 0 Å². The Balaban J connectivity index is 1.00. The maximum Gasteiger partial charge on any atom is 0.137 e. The summed E-state index contributed by atoms with van der Waals surface area (Å²) in [5, 5.41) is 9.06. The van der Waals surface area contributed by atoms with Crippen molar-refractivity contribution in [1.82, 2.24) is 19.3 Å². The van der Waals surface area contributed by atoms with Crippen LogP contribution in [0.15, 0.2) is 107 Å². The van der Waals surface area contributed by atoms with Gasteiger partial charge in [-0.25, -0.2) is 4.98 Å². The zero-order valence-corrected chi connectivity index (χ0v) is 22.7. The first-order chi connectivity index (χ1) is 19.7. The van der Waals surface area contributed by atoms with Gasteiger partial charge in [-0.2, -0.15) is 10.2 Å². The smallest absolute Gasteiger partial charge is 0.137 e. The fourth-order valence-electron chi connectivity index (χ4n) is 5.96. The highest BCUT2D eigenvalue weighted by Crippen LogP contribution is 2.33. The fraction of sp³-hybridized carbons (Fsp3) is 0.235. The maximum atomic E-state index is 5.01. The van der Waals surface area contributed by atoms with Crippen molar-refractivity contribution in [3.63, 3.8) is 0 Å². The number of likely N-dealkylation sites (tertiary alicyclic amines) is 1. The number of aromatic nitrogens is 3. The van der Waals surface area contributed by atoms with Gasteiger partial charge in [-0.3, -0.25) is 14.3 Å². The van der Waals surface area contributed by atoms with E-state index in [0.29, 0.717) is 5.92 Å². The van der Waals surface area contributed by atoms with Gasteiger partial charge < -0.3 is 0 Å². The molecule has 1 saturated heterocycles. The van der Waals surface area contributed by atoms with Crippen LogP contribution in [0.25, 0.3) is 28.2 Å². The molecular formula is C34H32N6. The van der Waals surface area contributed by atoms with E-state index in [4.69, 9.17) is 4.98 Å². The summed E-state index contributed by atoms with van der Waals surface area (Å²) in [6.45, 7) is 5.14.